The van der Waals surface area contributed by atoms with Gasteiger partial charge in [0.15, 0.2) is 5.58 Å². The van der Waals surface area contributed by atoms with E-state index in [0.717, 1.165) is 22.5 Å². The average molecular weight is 349 g/mol. The largest absolute Gasteiger partial charge is 0.454 e. The molecule has 0 saturated heterocycles. The predicted octanol–water partition coefficient (Wildman–Crippen LogP) is 7.36. The molecule has 0 atom stereocenters. The van der Waals surface area contributed by atoms with Crippen LogP contribution in [0.2, 0.25) is 0 Å². The second kappa shape index (κ2) is 5.62. The lowest BCUT2D eigenvalue weighted by Gasteiger charge is -2.06. The number of benzene rings is 4. The minimum Gasteiger partial charge on any atom is -0.454 e. The Morgan fingerprint density at radius 2 is 1.52 bits per heavy atom. The van der Waals surface area contributed by atoms with E-state index in [4.69, 9.17) is 4.42 Å². The van der Waals surface area contributed by atoms with Crippen LogP contribution in [0.3, 0.4) is 0 Å². The minimum absolute atomic E-state index is 0.642. The average Bonchev–Trinajstić information content (AvgIpc) is 3.48. The van der Waals surface area contributed by atoms with Crippen molar-refractivity contribution in [1.29, 1.82) is 0 Å². The second-order valence-electron chi connectivity index (χ2n) is 7.44. The van der Waals surface area contributed by atoms with Crippen LogP contribution < -0.4 is 5.32 Å². The molecule has 5 aromatic rings. The van der Waals surface area contributed by atoms with Crippen LogP contribution in [0.15, 0.2) is 83.3 Å². The van der Waals surface area contributed by atoms with Gasteiger partial charge in [-0.3, -0.25) is 0 Å². The van der Waals surface area contributed by atoms with Gasteiger partial charge in [-0.25, -0.2) is 0 Å². The Balaban J connectivity index is 1.68. The second-order valence-corrected chi connectivity index (χ2v) is 7.44. The summed E-state index contributed by atoms with van der Waals surface area (Å²) in [5.74, 6) is 0.642. The van der Waals surface area contributed by atoms with E-state index in [1.165, 1.54) is 39.9 Å². The summed E-state index contributed by atoms with van der Waals surface area (Å²) in [6.45, 7) is 0. The number of anilines is 2. The third kappa shape index (κ3) is 2.33. The fourth-order valence-electron chi connectivity index (χ4n) is 4.15. The molecule has 27 heavy (non-hydrogen) atoms. The van der Waals surface area contributed by atoms with Gasteiger partial charge in [0.25, 0.3) is 0 Å². The summed E-state index contributed by atoms with van der Waals surface area (Å²) < 4.78 is 6.53. The molecule has 0 radical (unpaired) electrons. The summed E-state index contributed by atoms with van der Waals surface area (Å²) in [5.41, 5.74) is 5.45. The van der Waals surface area contributed by atoms with Gasteiger partial charge in [-0.05, 0) is 59.4 Å². The van der Waals surface area contributed by atoms with E-state index in [2.05, 4.69) is 66.0 Å². The number of fused-ring (bicyclic) bond motifs is 5. The Morgan fingerprint density at radius 1 is 0.741 bits per heavy atom. The zero-order valence-corrected chi connectivity index (χ0v) is 14.9. The van der Waals surface area contributed by atoms with Crippen molar-refractivity contribution in [3.8, 4) is 0 Å². The van der Waals surface area contributed by atoms with Crippen LogP contribution in [0.5, 0.6) is 0 Å². The van der Waals surface area contributed by atoms with Crippen molar-refractivity contribution < 1.29 is 4.42 Å². The van der Waals surface area contributed by atoms with Crippen molar-refractivity contribution in [3.63, 3.8) is 0 Å². The van der Waals surface area contributed by atoms with Crippen LogP contribution in [-0.2, 0) is 0 Å². The van der Waals surface area contributed by atoms with Gasteiger partial charge < -0.3 is 9.73 Å². The quantitative estimate of drug-likeness (QED) is 0.368. The Morgan fingerprint density at radius 3 is 2.37 bits per heavy atom. The number of hydrogen-bond donors (Lipinski definition) is 1. The van der Waals surface area contributed by atoms with Crippen LogP contribution in [0.4, 0.5) is 11.4 Å². The molecule has 1 aromatic heterocycles. The van der Waals surface area contributed by atoms with Gasteiger partial charge in [0.2, 0.25) is 0 Å². The van der Waals surface area contributed by atoms with E-state index in [1.807, 2.05) is 18.2 Å². The van der Waals surface area contributed by atoms with Crippen molar-refractivity contribution in [2.24, 2.45) is 0 Å². The molecule has 0 amide bonds. The number of nitrogens with one attached hydrogen (secondary N) is 1. The molecule has 1 N–H and O–H groups in total. The first-order valence-electron chi connectivity index (χ1n) is 9.57. The molecule has 4 aromatic carbocycles. The van der Waals surface area contributed by atoms with Gasteiger partial charge in [-0.15, -0.1) is 0 Å². The van der Waals surface area contributed by atoms with Crippen molar-refractivity contribution >= 4 is 44.1 Å². The van der Waals surface area contributed by atoms with E-state index in [-0.39, 0.29) is 0 Å². The molecule has 2 heteroatoms. The van der Waals surface area contributed by atoms with Gasteiger partial charge >= 0.3 is 0 Å². The van der Waals surface area contributed by atoms with E-state index in [9.17, 15) is 0 Å². The molecule has 2 nitrogen and oxygen atoms in total. The molecule has 0 aliphatic heterocycles. The first kappa shape index (κ1) is 14.9. The smallest absolute Gasteiger partial charge is 0.158 e. The van der Waals surface area contributed by atoms with Crippen molar-refractivity contribution in [3.05, 3.63) is 84.4 Å². The number of rotatable bonds is 3. The first-order valence-corrected chi connectivity index (χ1v) is 9.57. The summed E-state index contributed by atoms with van der Waals surface area (Å²) in [6.07, 6.45) is 2.53. The van der Waals surface area contributed by atoms with Crippen molar-refractivity contribution in [1.82, 2.24) is 0 Å². The fourth-order valence-corrected chi connectivity index (χ4v) is 4.15. The van der Waals surface area contributed by atoms with Crippen LogP contribution in [0.1, 0.15) is 24.3 Å². The maximum atomic E-state index is 6.53. The molecule has 0 bridgehead atoms. The van der Waals surface area contributed by atoms with Crippen molar-refractivity contribution in [2.75, 3.05) is 5.32 Å². The molecule has 0 unspecified atom stereocenters. The highest BCUT2D eigenvalue weighted by atomic mass is 16.3. The van der Waals surface area contributed by atoms with Gasteiger partial charge in [-0.2, -0.15) is 0 Å². The van der Waals surface area contributed by atoms with Crippen LogP contribution in [-0.4, -0.2) is 0 Å². The lowest BCUT2D eigenvalue weighted by Crippen LogP contribution is -1.89. The highest BCUT2D eigenvalue weighted by molar-refractivity contribution is 6.21. The monoisotopic (exact) mass is 349 g/mol. The maximum absolute atomic E-state index is 6.53. The summed E-state index contributed by atoms with van der Waals surface area (Å²) in [4.78, 5) is 0. The fraction of sp³-hybridized carbons (Fsp3) is 0.120. The molecule has 1 aliphatic carbocycles. The van der Waals surface area contributed by atoms with Gasteiger partial charge in [0.05, 0.1) is 5.69 Å². The summed E-state index contributed by atoms with van der Waals surface area (Å²) in [6, 6.07) is 27.6. The Bertz CT molecular complexity index is 1300. The number of furan rings is 1. The molecular weight excluding hydrogens is 330 g/mol. The van der Waals surface area contributed by atoms with E-state index >= 15 is 0 Å². The standard InChI is InChI=1S/C25H19NO/c1-2-8-18(9-3-1)26-22-12-6-11-20-23-19-10-5-4-7-17(19)15-21(16-13-14-16)25(23)27-24(20)22/h1-12,15-16,26H,13-14H2. The third-order valence-electron chi connectivity index (χ3n) is 5.59. The minimum atomic E-state index is 0.642. The third-order valence-corrected chi connectivity index (χ3v) is 5.59. The SMILES string of the molecule is c1ccc(Nc2cccc3c2oc2c(C4CC4)cc4ccccc4c23)cc1. The Labute approximate surface area is 157 Å². The molecule has 1 fully saturated rings. The molecule has 1 aliphatic rings. The number of hydrogen-bond acceptors (Lipinski definition) is 2. The topological polar surface area (TPSA) is 25.2 Å². The summed E-state index contributed by atoms with van der Waals surface area (Å²) >= 11 is 0. The van der Waals surface area contributed by atoms with Crippen LogP contribution in [0, 0.1) is 0 Å². The van der Waals surface area contributed by atoms with Crippen LogP contribution in [0.25, 0.3) is 32.7 Å². The van der Waals surface area contributed by atoms with Gasteiger partial charge in [-0.1, -0.05) is 54.6 Å². The van der Waals surface area contributed by atoms with Crippen LogP contribution >= 0.6 is 0 Å². The lowest BCUT2D eigenvalue weighted by molar-refractivity contribution is 0.664. The number of para-hydroxylation sites is 2. The zero-order chi connectivity index (χ0) is 17.8. The molecule has 1 heterocycles. The molecule has 1 saturated carbocycles. The molecular formula is C25H19NO. The lowest BCUT2D eigenvalue weighted by atomic mass is 9.98. The molecule has 0 spiro atoms. The normalized spacial score (nSPS) is 14.2. The summed E-state index contributed by atoms with van der Waals surface area (Å²) in [7, 11) is 0. The van der Waals surface area contributed by atoms with E-state index in [1.54, 1.807) is 0 Å². The molecule has 6 rings (SSSR count). The molecule has 130 valence electrons. The highest BCUT2D eigenvalue weighted by Crippen LogP contribution is 2.48. The Kier molecular flexibility index (Phi) is 3.09. The first-order chi connectivity index (χ1) is 13.4. The highest BCUT2D eigenvalue weighted by Gasteiger charge is 2.28. The maximum Gasteiger partial charge on any atom is 0.158 e. The summed E-state index contributed by atoms with van der Waals surface area (Å²) in [5, 5.41) is 8.54. The van der Waals surface area contributed by atoms with Gasteiger partial charge in [0, 0.05) is 16.5 Å². The Hall–Kier alpha value is -3.26. The zero-order valence-electron chi connectivity index (χ0n) is 14.9. The van der Waals surface area contributed by atoms with E-state index in [0.29, 0.717) is 5.92 Å². The van der Waals surface area contributed by atoms with Crippen molar-refractivity contribution in [2.45, 2.75) is 18.8 Å². The predicted molar refractivity (Wildman–Crippen MR) is 113 cm³/mol. The van der Waals surface area contributed by atoms with Gasteiger partial charge in [0.1, 0.15) is 5.58 Å². The van der Waals surface area contributed by atoms with E-state index < -0.39 is 0 Å².